The third kappa shape index (κ3) is 8.61. The third-order valence-corrected chi connectivity index (χ3v) is 3.82. The Bertz CT molecular complexity index is 229. The maximum Gasteiger partial charge on any atom is 0.0610 e. The molecule has 3 heteroatoms. The second-order valence-corrected chi connectivity index (χ2v) is 6.74. The van der Waals surface area contributed by atoms with Crippen LogP contribution in [-0.4, -0.2) is 36.5 Å². The van der Waals surface area contributed by atoms with Gasteiger partial charge in [-0.05, 0) is 57.8 Å². The number of aliphatic hydroxyl groups excluding tert-OH is 1. The highest BCUT2D eigenvalue weighted by molar-refractivity contribution is 4.92. The molecular weight excluding hydrogens is 238 g/mol. The van der Waals surface area contributed by atoms with Crippen molar-refractivity contribution in [3.63, 3.8) is 0 Å². The van der Waals surface area contributed by atoms with E-state index in [2.05, 4.69) is 26.1 Å². The van der Waals surface area contributed by atoms with Crippen molar-refractivity contribution >= 4 is 0 Å². The van der Waals surface area contributed by atoms with Crippen LogP contribution in [0.4, 0.5) is 0 Å². The number of unbranched alkanes of at least 4 members (excludes halogenated alkanes) is 1. The van der Waals surface area contributed by atoms with Crippen LogP contribution in [0, 0.1) is 5.92 Å². The first-order chi connectivity index (χ1) is 9.06. The Balaban J connectivity index is 1.93. The minimum absolute atomic E-state index is 0.0845. The van der Waals surface area contributed by atoms with Gasteiger partial charge >= 0.3 is 0 Å². The number of aliphatic hydroxyl groups is 1. The molecule has 1 aliphatic carbocycles. The Labute approximate surface area is 119 Å². The molecule has 0 bridgehead atoms. The van der Waals surface area contributed by atoms with Gasteiger partial charge in [-0.2, -0.15) is 0 Å². The molecule has 0 aromatic rings. The van der Waals surface area contributed by atoms with Crippen molar-refractivity contribution in [2.24, 2.45) is 5.92 Å². The summed E-state index contributed by atoms with van der Waals surface area (Å²) in [7, 11) is 0. The molecule has 0 aromatic heterocycles. The second kappa shape index (κ2) is 8.93. The molecule has 1 aliphatic rings. The summed E-state index contributed by atoms with van der Waals surface area (Å²) in [4.78, 5) is 0. The SMILES string of the molecule is CC(C)CCCOCCCCC(C)(CO)NC1CC1. The van der Waals surface area contributed by atoms with Gasteiger partial charge in [0.1, 0.15) is 0 Å². The molecule has 19 heavy (non-hydrogen) atoms. The minimum atomic E-state index is -0.0845. The lowest BCUT2D eigenvalue weighted by molar-refractivity contribution is 0.116. The molecule has 114 valence electrons. The zero-order valence-corrected chi connectivity index (χ0v) is 13.1. The number of ether oxygens (including phenoxy) is 1. The molecular formula is C16H33NO2. The van der Waals surface area contributed by atoms with Crippen molar-refractivity contribution in [1.82, 2.24) is 5.32 Å². The summed E-state index contributed by atoms with van der Waals surface area (Å²) in [5.74, 6) is 0.780. The molecule has 0 spiro atoms. The molecule has 0 saturated heterocycles. The van der Waals surface area contributed by atoms with Crippen LogP contribution in [0.2, 0.25) is 0 Å². The van der Waals surface area contributed by atoms with Crippen molar-refractivity contribution in [1.29, 1.82) is 0 Å². The Kier molecular flexibility index (Phi) is 7.96. The first-order valence-corrected chi connectivity index (χ1v) is 8.02. The number of rotatable bonds is 12. The van der Waals surface area contributed by atoms with E-state index in [0.717, 1.165) is 38.4 Å². The summed E-state index contributed by atoms with van der Waals surface area (Å²) in [5, 5.41) is 13.0. The van der Waals surface area contributed by atoms with Gasteiger partial charge in [0.25, 0.3) is 0 Å². The summed E-state index contributed by atoms with van der Waals surface area (Å²) in [5.41, 5.74) is -0.0845. The van der Waals surface area contributed by atoms with E-state index in [1.165, 1.54) is 25.7 Å². The molecule has 3 nitrogen and oxygen atoms in total. The predicted octanol–water partition coefficient (Wildman–Crippen LogP) is 3.11. The number of hydrogen-bond acceptors (Lipinski definition) is 3. The summed E-state index contributed by atoms with van der Waals surface area (Å²) in [6.07, 6.45) is 8.24. The lowest BCUT2D eigenvalue weighted by Gasteiger charge is -2.29. The van der Waals surface area contributed by atoms with E-state index in [4.69, 9.17) is 4.74 Å². The standard InChI is InChI=1S/C16H33NO2/c1-14(2)7-6-12-19-11-5-4-10-16(3,13-18)17-15-8-9-15/h14-15,17-18H,4-13H2,1-3H3. The van der Waals surface area contributed by atoms with Gasteiger partial charge in [-0.15, -0.1) is 0 Å². The summed E-state index contributed by atoms with van der Waals surface area (Å²) in [6.45, 7) is 8.64. The Hall–Kier alpha value is -0.120. The summed E-state index contributed by atoms with van der Waals surface area (Å²) in [6, 6.07) is 0.657. The summed E-state index contributed by atoms with van der Waals surface area (Å²) < 4.78 is 5.64. The lowest BCUT2D eigenvalue weighted by atomic mass is 9.95. The van der Waals surface area contributed by atoms with Crippen LogP contribution in [0.5, 0.6) is 0 Å². The smallest absolute Gasteiger partial charge is 0.0610 e. The molecule has 1 rings (SSSR count). The van der Waals surface area contributed by atoms with Crippen LogP contribution in [0.25, 0.3) is 0 Å². The molecule has 1 saturated carbocycles. The average Bonchev–Trinajstić information content (AvgIpc) is 3.16. The largest absolute Gasteiger partial charge is 0.394 e. The van der Waals surface area contributed by atoms with E-state index in [-0.39, 0.29) is 12.1 Å². The molecule has 2 N–H and O–H groups in total. The third-order valence-electron chi connectivity index (χ3n) is 3.82. The van der Waals surface area contributed by atoms with Gasteiger partial charge in [-0.3, -0.25) is 0 Å². The quantitative estimate of drug-likeness (QED) is 0.536. The highest BCUT2D eigenvalue weighted by atomic mass is 16.5. The fraction of sp³-hybridized carbons (Fsp3) is 1.00. The molecule has 0 aliphatic heterocycles. The van der Waals surface area contributed by atoms with Crippen molar-refractivity contribution < 1.29 is 9.84 Å². The highest BCUT2D eigenvalue weighted by Gasteiger charge is 2.31. The van der Waals surface area contributed by atoms with Crippen LogP contribution in [0.1, 0.15) is 65.7 Å². The van der Waals surface area contributed by atoms with Gasteiger partial charge < -0.3 is 15.2 Å². The zero-order chi connectivity index (χ0) is 14.1. The van der Waals surface area contributed by atoms with Crippen LogP contribution >= 0.6 is 0 Å². The Morgan fingerprint density at radius 3 is 2.47 bits per heavy atom. The van der Waals surface area contributed by atoms with Gasteiger partial charge in [0, 0.05) is 24.8 Å². The van der Waals surface area contributed by atoms with E-state index in [0.29, 0.717) is 6.04 Å². The van der Waals surface area contributed by atoms with Crippen LogP contribution < -0.4 is 5.32 Å². The molecule has 1 unspecified atom stereocenters. The maximum absolute atomic E-state index is 9.49. The van der Waals surface area contributed by atoms with E-state index >= 15 is 0 Å². The van der Waals surface area contributed by atoms with E-state index in [1.807, 2.05) is 0 Å². The van der Waals surface area contributed by atoms with E-state index in [1.54, 1.807) is 0 Å². The topological polar surface area (TPSA) is 41.5 Å². The van der Waals surface area contributed by atoms with Gasteiger partial charge in [0.15, 0.2) is 0 Å². The van der Waals surface area contributed by atoms with Crippen molar-refractivity contribution in [3.05, 3.63) is 0 Å². The normalized spacial score (nSPS) is 18.8. The fourth-order valence-corrected chi connectivity index (χ4v) is 2.33. The maximum atomic E-state index is 9.49. The van der Waals surface area contributed by atoms with Crippen LogP contribution in [0.15, 0.2) is 0 Å². The zero-order valence-electron chi connectivity index (χ0n) is 13.1. The van der Waals surface area contributed by atoms with E-state index < -0.39 is 0 Å². The van der Waals surface area contributed by atoms with Crippen molar-refractivity contribution in [3.8, 4) is 0 Å². The van der Waals surface area contributed by atoms with Crippen molar-refractivity contribution in [2.75, 3.05) is 19.8 Å². The molecule has 0 heterocycles. The molecule has 0 aromatic carbocycles. The lowest BCUT2D eigenvalue weighted by Crippen LogP contribution is -2.46. The molecule has 0 radical (unpaired) electrons. The molecule has 0 amide bonds. The van der Waals surface area contributed by atoms with Crippen LogP contribution in [-0.2, 0) is 4.74 Å². The van der Waals surface area contributed by atoms with Crippen LogP contribution in [0.3, 0.4) is 0 Å². The first-order valence-electron chi connectivity index (χ1n) is 8.02. The van der Waals surface area contributed by atoms with Gasteiger partial charge in [0.2, 0.25) is 0 Å². The first kappa shape index (κ1) is 16.9. The van der Waals surface area contributed by atoms with Gasteiger partial charge in [-0.25, -0.2) is 0 Å². The predicted molar refractivity (Wildman–Crippen MR) is 80.4 cm³/mol. The van der Waals surface area contributed by atoms with Gasteiger partial charge in [0.05, 0.1) is 6.61 Å². The second-order valence-electron chi connectivity index (χ2n) is 6.74. The minimum Gasteiger partial charge on any atom is -0.394 e. The Morgan fingerprint density at radius 1 is 1.21 bits per heavy atom. The number of hydrogen-bond donors (Lipinski definition) is 2. The molecule has 1 fully saturated rings. The average molecular weight is 271 g/mol. The molecule has 1 atom stereocenters. The number of nitrogens with one attached hydrogen (secondary N) is 1. The van der Waals surface area contributed by atoms with E-state index in [9.17, 15) is 5.11 Å². The summed E-state index contributed by atoms with van der Waals surface area (Å²) >= 11 is 0. The highest BCUT2D eigenvalue weighted by Crippen LogP contribution is 2.24. The monoisotopic (exact) mass is 271 g/mol. The Morgan fingerprint density at radius 2 is 1.89 bits per heavy atom. The fourth-order valence-electron chi connectivity index (χ4n) is 2.33. The van der Waals surface area contributed by atoms with Gasteiger partial charge in [-0.1, -0.05) is 13.8 Å². The van der Waals surface area contributed by atoms with Crippen molar-refractivity contribution in [2.45, 2.75) is 77.3 Å².